The van der Waals surface area contributed by atoms with Crippen LogP contribution in [0.2, 0.25) is 0 Å². The lowest BCUT2D eigenvalue weighted by Crippen LogP contribution is -2.58. The molecule has 39 heavy (non-hydrogen) atoms. The maximum atomic E-state index is 13.7. The number of hydrogen-bond acceptors (Lipinski definition) is 10. The van der Waals surface area contributed by atoms with Crippen molar-refractivity contribution in [3.8, 4) is 16.9 Å². The van der Waals surface area contributed by atoms with E-state index in [0.29, 0.717) is 16.7 Å². The Hall–Kier alpha value is -4.71. The number of ketones is 2. The number of benzene rings is 2. The van der Waals surface area contributed by atoms with E-state index in [4.69, 9.17) is 5.73 Å². The fourth-order valence-corrected chi connectivity index (χ4v) is 6.01. The molecule has 0 saturated heterocycles. The van der Waals surface area contributed by atoms with Gasteiger partial charge in [0.15, 0.2) is 11.4 Å². The molecule has 1 saturated carbocycles. The van der Waals surface area contributed by atoms with Crippen LogP contribution in [0.15, 0.2) is 47.2 Å². The van der Waals surface area contributed by atoms with Crippen LogP contribution in [0, 0.1) is 22.0 Å². The molecule has 0 aliphatic heterocycles. The number of nitrogens with zero attached hydrogens (tertiary/aromatic N) is 2. The second-order valence-electron chi connectivity index (χ2n) is 10.3. The van der Waals surface area contributed by atoms with Crippen LogP contribution < -0.4 is 10.6 Å². The highest BCUT2D eigenvalue weighted by molar-refractivity contribution is 6.22. The number of primary amides is 1. The van der Waals surface area contributed by atoms with E-state index in [1.807, 2.05) is 19.0 Å². The number of rotatable bonds is 4. The molecule has 3 aliphatic rings. The van der Waals surface area contributed by atoms with Crippen molar-refractivity contribution in [2.24, 2.45) is 17.6 Å². The zero-order valence-electron chi connectivity index (χ0n) is 21.0. The number of phenolic OH excluding ortho intramolecular Hbond substituents is 1. The van der Waals surface area contributed by atoms with Crippen LogP contribution in [-0.2, 0) is 20.8 Å². The lowest BCUT2D eigenvalue weighted by molar-refractivity contribution is -0.385. The van der Waals surface area contributed by atoms with Crippen molar-refractivity contribution in [2.75, 3.05) is 19.0 Å². The third-order valence-electron chi connectivity index (χ3n) is 7.93. The molecule has 5 rings (SSSR count). The lowest BCUT2D eigenvalue weighted by Gasteiger charge is -2.46. The Kier molecular flexibility index (Phi) is 5.76. The number of hydrogen-bond donors (Lipinski definition) is 5. The molecule has 1 amide bonds. The first-order valence-corrected chi connectivity index (χ1v) is 12.1. The topological polar surface area (TPSA) is 205 Å². The van der Waals surface area contributed by atoms with Crippen LogP contribution in [0.4, 0.5) is 11.4 Å². The Morgan fingerprint density at radius 2 is 1.77 bits per heavy atom. The molecule has 3 unspecified atom stereocenters. The molecule has 1 fully saturated rings. The number of amides is 1. The van der Waals surface area contributed by atoms with Crippen molar-refractivity contribution in [1.82, 2.24) is 0 Å². The predicted molar refractivity (Wildman–Crippen MR) is 138 cm³/mol. The second-order valence-corrected chi connectivity index (χ2v) is 10.3. The molecule has 12 nitrogen and oxygen atoms in total. The number of nitro groups is 1. The monoisotopic (exact) mass is 535 g/mol. The van der Waals surface area contributed by atoms with Gasteiger partial charge in [-0.15, -0.1) is 0 Å². The fraction of sp³-hybridized carbons (Fsp3) is 0.296. The molecule has 3 atom stereocenters. The van der Waals surface area contributed by atoms with Crippen molar-refractivity contribution in [2.45, 2.75) is 24.9 Å². The van der Waals surface area contributed by atoms with Gasteiger partial charge in [-0.05, 0) is 47.6 Å². The first-order valence-electron chi connectivity index (χ1n) is 12.1. The number of carbonyl (C=O) groups excluding carboxylic acids is 3. The molecule has 0 aromatic heterocycles. The average Bonchev–Trinajstić information content (AvgIpc) is 2.86. The smallest absolute Gasteiger partial charge is 0.312 e. The number of aliphatic hydroxyl groups excluding tert-OH is 2. The summed E-state index contributed by atoms with van der Waals surface area (Å²) < 4.78 is 0. The van der Waals surface area contributed by atoms with Crippen molar-refractivity contribution in [3.63, 3.8) is 0 Å². The maximum Gasteiger partial charge on any atom is 0.312 e. The van der Waals surface area contributed by atoms with Gasteiger partial charge in [0, 0.05) is 43.8 Å². The minimum absolute atomic E-state index is 0.0324. The maximum absolute atomic E-state index is 13.7. The quantitative estimate of drug-likeness (QED) is 0.219. The van der Waals surface area contributed by atoms with Crippen molar-refractivity contribution in [1.29, 1.82) is 0 Å². The van der Waals surface area contributed by atoms with Crippen LogP contribution in [0.25, 0.3) is 16.9 Å². The number of fused-ring (bicyclic) bond motifs is 3. The summed E-state index contributed by atoms with van der Waals surface area (Å²) in [5.74, 6) is -7.99. The zero-order chi connectivity index (χ0) is 28.5. The summed E-state index contributed by atoms with van der Waals surface area (Å²) in [6.07, 6.45) is -0.448. The third kappa shape index (κ3) is 3.59. The van der Waals surface area contributed by atoms with Crippen molar-refractivity contribution < 1.29 is 39.7 Å². The number of anilines is 1. The number of carbonyl (C=O) groups is 3. The summed E-state index contributed by atoms with van der Waals surface area (Å²) in [7, 11) is 3.70. The molecule has 0 spiro atoms. The molecule has 0 bridgehead atoms. The van der Waals surface area contributed by atoms with Gasteiger partial charge >= 0.3 is 5.69 Å². The summed E-state index contributed by atoms with van der Waals surface area (Å²) in [6.45, 7) is 0. The van der Waals surface area contributed by atoms with E-state index in [1.165, 1.54) is 6.07 Å². The Balaban J connectivity index is 1.75. The van der Waals surface area contributed by atoms with E-state index < -0.39 is 74.8 Å². The first-order chi connectivity index (χ1) is 18.3. The third-order valence-corrected chi connectivity index (χ3v) is 7.93. The van der Waals surface area contributed by atoms with Gasteiger partial charge in [0.1, 0.15) is 17.1 Å². The zero-order valence-corrected chi connectivity index (χ0v) is 21.0. The molecule has 0 radical (unpaired) electrons. The Bertz CT molecular complexity index is 1560. The first kappa shape index (κ1) is 25.9. The summed E-state index contributed by atoms with van der Waals surface area (Å²) in [4.78, 5) is 50.9. The van der Waals surface area contributed by atoms with Gasteiger partial charge in [-0.2, -0.15) is 0 Å². The molecule has 6 N–H and O–H groups in total. The van der Waals surface area contributed by atoms with Crippen molar-refractivity contribution >= 4 is 34.6 Å². The number of nitrogens with two attached hydrogens (primary N) is 1. The largest absolute Gasteiger partial charge is 0.508 e. The highest BCUT2D eigenvalue weighted by Crippen LogP contribution is 2.54. The SMILES string of the molecule is CN(C)c1ccc(-c2cc([N+](=O)[O-])c(O)c3c2CC2CC4CC(=O)C(C(N)=O)=C(O)C4(O)C(=O)C2=C3O)cc1. The predicted octanol–water partition coefficient (Wildman–Crippen LogP) is 2.07. The van der Waals surface area contributed by atoms with Gasteiger partial charge < -0.3 is 31.1 Å². The number of Topliss-reactive ketones (excluding diaryl/α,β-unsaturated/α-hetero) is 2. The number of phenols is 1. The van der Waals surface area contributed by atoms with Gasteiger partial charge in [-0.3, -0.25) is 24.5 Å². The average molecular weight is 536 g/mol. The van der Waals surface area contributed by atoms with E-state index in [0.717, 1.165) is 5.69 Å². The van der Waals surface area contributed by atoms with Gasteiger partial charge in [-0.1, -0.05) is 12.1 Å². The molecule has 202 valence electrons. The Morgan fingerprint density at radius 3 is 2.33 bits per heavy atom. The van der Waals surface area contributed by atoms with E-state index in [9.17, 15) is 44.9 Å². The summed E-state index contributed by atoms with van der Waals surface area (Å²) in [5, 5.41) is 56.0. The van der Waals surface area contributed by atoms with Crippen LogP contribution >= 0.6 is 0 Å². The number of aromatic hydroxyl groups is 1. The Morgan fingerprint density at radius 1 is 1.13 bits per heavy atom. The minimum Gasteiger partial charge on any atom is -0.508 e. The van der Waals surface area contributed by atoms with Gasteiger partial charge in [0.2, 0.25) is 11.5 Å². The van der Waals surface area contributed by atoms with Crippen LogP contribution in [0.3, 0.4) is 0 Å². The molecule has 2 aromatic carbocycles. The van der Waals surface area contributed by atoms with E-state index >= 15 is 0 Å². The summed E-state index contributed by atoms with van der Waals surface area (Å²) >= 11 is 0. The normalized spacial score (nSPS) is 24.2. The number of aliphatic hydroxyl groups is 3. The molecule has 0 heterocycles. The summed E-state index contributed by atoms with van der Waals surface area (Å²) in [6, 6.07) is 8.28. The van der Waals surface area contributed by atoms with Crippen LogP contribution in [0.5, 0.6) is 5.75 Å². The highest BCUT2D eigenvalue weighted by Gasteiger charge is 2.60. The van der Waals surface area contributed by atoms with Crippen LogP contribution in [0.1, 0.15) is 24.0 Å². The van der Waals surface area contributed by atoms with Gasteiger partial charge in [0.05, 0.1) is 10.5 Å². The van der Waals surface area contributed by atoms with E-state index in [1.54, 1.807) is 24.3 Å². The summed E-state index contributed by atoms with van der Waals surface area (Å²) in [5.41, 5.74) is 2.34. The highest BCUT2D eigenvalue weighted by atomic mass is 16.6. The second kappa shape index (κ2) is 8.67. The van der Waals surface area contributed by atoms with E-state index in [-0.39, 0.29) is 24.0 Å². The Labute approximate surface area is 221 Å². The lowest BCUT2D eigenvalue weighted by atomic mass is 9.59. The molecular weight excluding hydrogens is 510 g/mol. The standard InChI is InChI=1S/C27H25N3O9/c1-29(2)14-5-3-11(4-6-14)15-10-17(30(38)39)22(32)20-16(15)8-12-7-13-9-18(31)21(26(28)36)25(35)27(13,37)24(34)19(12)23(20)33/h3-6,10,12-13,32-33,35,37H,7-9H2,1-2H3,(H2,28,36). The molecule has 3 aliphatic carbocycles. The minimum atomic E-state index is -2.71. The van der Waals surface area contributed by atoms with Gasteiger partial charge in [-0.25, -0.2) is 0 Å². The van der Waals surface area contributed by atoms with Crippen LogP contribution in [-0.4, -0.2) is 62.5 Å². The fourth-order valence-electron chi connectivity index (χ4n) is 6.01. The molecule has 2 aromatic rings. The molecule has 12 heteroatoms. The number of nitro benzene ring substituents is 1. The van der Waals surface area contributed by atoms with Gasteiger partial charge in [0.25, 0.3) is 5.91 Å². The molecular formula is C27H25N3O9. The van der Waals surface area contributed by atoms with E-state index in [2.05, 4.69) is 0 Å². The van der Waals surface area contributed by atoms with Crippen molar-refractivity contribution in [3.05, 3.63) is 68.5 Å².